The molecule has 0 aliphatic heterocycles. The van der Waals surface area contributed by atoms with E-state index in [2.05, 4.69) is 13.8 Å². The Morgan fingerprint density at radius 1 is 1.21 bits per heavy atom. The number of ether oxygens (including phenoxy) is 1. The van der Waals surface area contributed by atoms with Gasteiger partial charge in [0.15, 0.2) is 5.78 Å². The van der Waals surface area contributed by atoms with Gasteiger partial charge >= 0.3 is 0 Å². The van der Waals surface area contributed by atoms with Gasteiger partial charge in [0, 0.05) is 12.0 Å². The van der Waals surface area contributed by atoms with Crippen molar-refractivity contribution in [3.8, 4) is 5.75 Å². The molecule has 2 atom stereocenters. The Labute approximate surface area is 116 Å². The monoisotopic (exact) mass is 260 g/mol. The highest BCUT2D eigenvalue weighted by Crippen LogP contribution is 2.31. The van der Waals surface area contributed by atoms with E-state index in [1.54, 1.807) is 0 Å². The fourth-order valence-electron chi connectivity index (χ4n) is 3.11. The molecule has 0 radical (unpaired) electrons. The third-order valence-corrected chi connectivity index (χ3v) is 3.92. The molecule has 0 bridgehead atoms. The maximum atomic E-state index is 11.7. The molecule has 1 aliphatic rings. The molecule has 0 aromatic heterocycles. The van der Waals surface area contributed by atoms with Crippen LogP contribution in [0.1, 0.15) is 56.8 Å². The standard InChI is InChI=1S/C17H24O2/c1-4-17(18)14-6-5-7-15(11-14)19-16-9-12(2)8-13(3)10-16/h5-7,11-13,16H,4,8-10H2,1-3H3. The number of rotatable bonds is 4. The second-order valence-electron chi connectivity index (χ2n) is 5.96. The third kappa shape index (κ3) is 3.82. The van der Waals surface area contributed by atoms with Gasteiger partial charge in [-0.05, 0) is 43.2 Å². The summed E-state index contributed by atoms with van der Waals surface area (Å²) < 4.78 is 6.08. The highest BCUT2D eigenvalue weighted by molar-refractivity contribution is 5.96. The molecule has 2 unspecified atom stereocenters. The third-order valence-electron chi connectivity index (χ3n) is 3.92. The van der Waals surface area contributed by atoms with Crippen LogP contribution in [0.2, 0.25) is 0 Å². The summed E-state index contributed by atoms with van der Waals surface area (Å²) in [6, 6.07) is 7.62. The number of hydrogen-bond donors (Lipinski definition) is 0. The lowest BCUT2D eigenvalue weighted by Crippen LogP contribution is -2.28. The molecule has 1 aliphatic carbocycles. The Morgan fingerprint density at radius 3 is 2.53 bits per heavy atom. The first-order chi connectivity index (χ1) is 9.08. The number of Topliss-reactive ketones (excluding diaryl/α,β-unsaturated/α-hetero) is 1. The van der Waals surface area contributed by atoms with Gasteiger partial charge in [0.25, 0.3) is 0 Å². The zero-order valence-electron chi connectivity index (χ0n) is 12.2. The Kier molecular flexibility index (Phi) is 4.62. The van der Waals surface area contributed by atoms with E-state index < -0.39 is 0 Å². The number of ketones is 1. The van der Waals surface area contributed by atoms with Crippen LogP contribution in [0, 0.1) is 11.8 Å². The van der Waals surface area contributed by atoms with Crippen LogP contribution in [0.15, 0.2) is 24.3 Å². The van der Waals surface area contributed by atoms with E-state index in [0.29, 0.717) is 12.5 Å². The van der Waals surface area contributed by atoms with Crippen LogP contribution >= 0.6 is 0 Å². The average Bonchev–Trinajstić information content (AvgIpc) is 2.37. The lowest BCUT2D eigenvalue weighted by atomic mass is 9.82. The second kappa shape index (κ2) is 6.23. The van der Waals surface area contributed by atoms with Crippen LogP contribution in [0.4, 0.5) is 0 Å². The Balaban J connectivity index is 2.04. The Hall–Kier alpha value is -1.31. The first-order valence-electron chi connectivity index (χ1n) is 7.38. The fourth-order valence-corrected chi connectivity index (χ4v) is 3.11. The van der Waals surface area contributed by atoms with Crippen molar-refractivity contribution >= 4 is 5.78 Å². The van der Waals surface area contributed by atoms with Crippen LogP contribution < -0.4 is 4.74 Å². The molecule has 1 aromatic rings. The highest BCUT2D eigenvalue weighted by Gasteiger charge is 2.25. The van der Waals surface area contributed by atoms with Crippen molar-refractivity contribution in [2.45, 2.75) is 52.6 Å². The normalized spacial score (nSPS) is 27.0. The SMILES string of the molecule is CCC(=O)c1cccc(OC2CC(C)CC(C)C2)c1. The number of benzene rings is 1. The van der Waals surface area contributed by atoms with Crippen LogP contribution in [-0.2, 0) is 0 Å². The molecule has 0 saturated heterocycles. The summed E-state index contributed by atoms with van der Waals surface area (Å²) >= 11 is 0. The molecule has 19 heavy (non-hydrogen) atoms. The molecule has 0 amide bonds. The van der Waals surface area contributed by atoms with E-state index in [1.807, 2.05) is 31.2 Å². The molecule has 0 spiro atoms. The summed E-state index contributed by atoms with van der Waals surface area (Å²) in [6.45, 7) is 6.48. The molecule has 2 nitrogen and oxygen atoms in total. The lowest BCUT2D eigenvalue weighted by Gasteiger charge is -2.31. The predicted molar refractivity (Wildman–Crippen MR) is 77.7 cm³/mol. The van der Waals surface area contributed by atoms with E-state index in [4.69, 9.17) is 4.74 Å². The molecular weight excluding hydrogens is 236 g/mol. The van der Waals surface area contributed by atoms with Crippen molar-refractivity contribution < 1.29 is 9.53 Å². The van der Waals surface area contributed by atoms with Crippen LogP contribution in [0.3, 0.4) is 0 Å². The molecule has 2 heteroatoms. The van der Waals surface area contributed by atoms with Gasteiger partial charge in [-0.1, -0.05) is 32.9 Å². The summed E-state index contributed by atoms with van der Waals surface area (Å²) in [4.78, 5) is 11.7. The topological polar surface area (TPSA) is 26.3 Å². The molecule has 1 saturated carbocycles. The van der Waals surface area contributed by atoms with Crippen molar-refractivity contribution in [2.75, 3.05) is 0 Å². The average molecular weight is 260 g/mol. The smallest absolute Gasteiger partial charge is 0.162 e. The van der Waals surface area contributed by atoms with E-state index >= 15 is 0 Å². The van der Waals surface area contributed by atoms with E-state index in [0.717, 1.165) is 36.0 Å². The maximum absolute atomic E-state index is 11.7. The minimum absolute atomic E-state index is 0.177. The molecule has 1 aromatic carbocycles. The molecular formula is C17H24O2. The van der Waals surface area contributed by atoms with Crippen molar-refractivity contribution in [1.82, 2.24) is 0 Å². The quantitative estimate of drug-likeness (QED) is 0.746. The second-order valence-corrected chi connectivity index (χ2v) is 5.96. The summed E-state index contributed by atoms with van der Waals surface area (Å²) in [5.74, 6) is 2.48. The number of hydrogen-bond acceptors (Lipinski definition) is 2. The molecule has 0 N–H and O–H groups in total. The van der Waals surface area contributed by atoms with Gasteiger partial charge in [0.1, 0.15) is 5.75 Å². The first-order valence-corrected chi connectivity index (χ1v) is 7.38. The predicted octanol–water partition coefficient (Wildman–Crippen LogP) is 4.48. The van der Waals surface area contributed by atoms with Crippen LogP contribution in [0.25, 0.3) is 0 Å². The summed E-state index contributed by atoms with van der Waals surface area (Å²) in [6.07, 6.45) is 4.38. The largest absolute Gasteiger partial charge is 0.490 e. The van der Waals surface area contributed by atoms with Crippen molar-refractivity contribution in [1.29, 1.82) is 0 Å². The van der Waals surface area contributed by atoms with Gasteiger partial charge in [-0.25, -0.2) is 0 Å². The fraction of sp³-hybridized carbons (Fsp3) is 0.588. The molecule has 1 fully saturated rings. The van der Waals surface area contributed by atoms with Gasteiger partial charge in [-0.2, -0.15) is 0 Å². The maximum Gasteiger partial charge on any atom is 0.162 e. The number of carbonyl (C=O) groups excluding carboxylic acids is 1. The zero-order valence-corrected chi connectivity index (χ0v) is 12.2. The van der Waals surface area contributed by atoms with E-state index in [9.17, 15) is 4.79 Å². The zero-order chi connectivity index (χ0) is 13.8. The Morgan fingerprint density at radius 2 is 1.89 bits per heavy atom. The summed E-state index contributed by atoms with van der Waals surface area (Å²) in [7, 11) is 0. The van der Waals surface area contributed by atoms with Gasteiger partial charge in [-0.3, -0.25) is 4.79 Å². The lowest BCUT2D eigenvalue weighted by molar-refractivity contribution is 0.0970. The Bertz CT molecular complexity index is 429. The molecule has 2 rings (SSSR count). The van der Waals surface area contributed by atoms with Gasteiger partial charge in [0.2, 0.25) is 0 Å². The van der Waals surface area contributed by atoms with Gasteiger partial charge in [-0.15, -0.1) is 0 Å². The van der Waals surface area contributed by atoms with E-state index in [-0.39, 0.29) is 5.78 Å². The van der Waals surface area contributed by atoms with Gasteiger partial charge < -0.3 is 4.74 Å². The molecule has 0 heterocycles. The van der Waals surface area contributed by atoms with Crippen LogP contribution in [-0.4, -0.2) is 11.9 Å². The summed E-state index contributed by atoms with van der Waals surface area (Å²) in [5, 5.41) is 0. The van der Waals surface area contributed by atoms with Gasteiger partial charge in [0.05, 0.1) is 6.10 Å². The summed E-state index contributed by atoms with van der Waals surface area (Å²) in [5.41, 5.74) is 0.761. The first kappa shape index (κ1) is 14.1. The minimum Gasteiger partial charge on any atom is -0.490 e. The van der Waals surface area contributed by atoms with Crippen molar-refractivity contribution in [3.63, 3.8) is 0 Å². The van der Waals surface area contributed by atoms with Crippen molar-refractivity contribution in [2.24, 2.45) is 11.8 Å². The minimum atomic E-state index is 0.177. The van der Waals surface area contributed by atoms with Crippen LogP contribution in [0.5, 0.6) is 5.75 Å². The number of carbonyl (C=O) groups is 1. The molecule has 104 valence electrons. The van der Waals surface area contributed by atoms with E-state index in [1.165, 1.54) is 6.42 Å². The highest BCUT2D eigenvalue weighted by atomic mass is 16.5. The van der Waals surface area contributed by atoms with Crippen molar-refractivity contribution in [3.05, 3.63) is 29.8 Å².